The van der Waals surface area contributed by atoms with Gasteiger partial charge in [0.05, 0.1) is 26.4 Å². The summed E-state index contributed by atoms with van der Waals surface area (Å²) < 4.78 is 30.6. The van der Waals surface area contributed by atoms with E-state index in [0.717, 1.165) is 7.11 Å². The molecule has 13 heavy (non-hydrogen) atoms. The third kappa shape index (κ3) is 6.71. The van der Waals surface area contributed by atoms with E-state index in [0.29, 0.717) is 0 Å². The molecule has 0 rings (SSSR count). The topological polar surface area (TPSA) is 72.8 Å². The summed E-state index contributed by atoms with van der Waals surface area (Å²) in [6.07, 6.45) is 0.447. The van der Waals surface area contributed by atoms with Gasteiger partial charge in [0.15, 0.2) is 0 Å². The van der Waals surface area contributed by atoms with Crippen molar-refractivity contribution in [3.8, 4) is 0 Å². The van der Waals surface area contributed by atoms with Crippen molar-refractivity contribution in [2.24, 2.45) is 0 Å². The van der Waals surface area contributed by atoms with Crippen molar-refractivity contribution in [3.05, 3.63) is 12.7 Å². The first kappa shape index (κ1) is 12.6. The summed E-state index contributed by atoms with van der Waals surface area (Å²) in [6.45, 7) is 3.63. The third-order valence-electron chi connectivity index (χ3n) is 1.20. The number of hydrogen-bond donors (Lipinski definition) is 1. The summed E-state index contributed by atoms with van der Waals surface area (Å²) in [6, 6.07) is 0. The van der Waals surface area contributed by atoms with Gasteiger partial charge in [0.1, 0.15) is 5.75 Å². The lowest BCUT2D eigenvalue weighted by Crippen LogP contribution is -2.26. The second-order valence-electron chi connectivity index (χ2n) is 2.37. The third-order valence-corrected chi connectivity index (χ3v) is 2.50. The molecule has 78 valence electrons. The molecule has 1 unspecified atom stereocenters. The molecule has 0 aliphatic rings. The van der Waals surface area contributed by atoms with Crippen LogP contribution in [0.1, 0.15) is 0 Å². The van der Waals surface area contributed by atoms with Crippen molar-refractivity contribution in [3.63, 3.8) is 0 Å². The monoisotopic (exact) mass is 210 g/mol. The molecule has 0 saturated carbocycles. The van der Waals surface area contributed by atoms with Crippen LogP contribution >= 0.6 is 0 Å². The van der Waals surface area contributed by atoms with E-state index in [4.69, 9.17) is 9.84 Å². The van der Waals surface area contributed by atoms with Crippen LogP contribution in [0.25, 0.3) is 0 Å². The summed E-state index contributed by atoms with van der Waals surface area (Å²) in [4.78, 5) is 0. The highest BCUT2D eigenvalue weighted by Crippen LogP contribution is 1.96. The van der Waals surface area contributed by atoms with E-state index >= 15 is 0 Å². The maximum Gasteiger partial charge on any atom is 0.269 e. The largest absolute Gasteiger partial charge is 0.390 e. The first-order chi connectivity index (χ1) is 6.02. The van der Waals surface area contributed by atoms with Crippen molar-refractivity contribution in [2.45, 2.75) is 6.10 Å². The molecule has 0 fully saturated rings. The molecule has 0 spiro atoms. The Bertz CT molecular complexity index is 233. The van der Waals surface area contributed by atoms with Crippen LogP contribution in [0.2, 0.25) is 0 Å². The lowest BCUT2D eigenvalue weighted by molar-refractivity contribution is 0.0605. The zero-order valence-corrected chi connectivity index (χ0v) is 8.29. The Morgan fingerprint density at radius 3 is 2.69 bits per heavy atom. The SMILES string of the molecule is C=CCOCC(O)CS(=O)(=O)OC. The fourth-order valence-corrected chi connectivity index (χ4v) is 1.34. The molecule has 0 aliphatic carbocycles. The van der Waals surface area contributed by atoms with Gasteiger partial charge in [-0.1, -0.05) is 6.08 Å². The van der Waals surface area contributed by atoms with Crippen LogP contribution in [-0.2, 0) is 19.0 Å². The van der Waals surface area contributed by atoms with Crippen molar-refractivity contribution >= 4 is 10.1 Å². The van der Waals surface area contributed by atoms with Crippen molar-refractivity contribution in [2.75, 3.05) is 26.1 Å². The van der Waals surface area contributed by atoms with Crippen molar-refractivity contribution < 1.29 is 22.4 Å². The van der Waals surface area contributed by atoms with E-state index < -0.39 is 22.0 Å². The van der Waals surface area contributed by atoms with E-state index in [2.05, 4.69) is 10.8 Å². The first-order valence-corrected chi connectivity index (χ1v) is 5.24. The van der Waals surface area contributed by atoms with Gasteiger partial charge in [-0.3, -0.25) is 4.18 Å². The minimum atomic E-state index is -3.61. The number of ether oxygens (including phenoxy) is 1. The van der Waals surface area contributed by atoms with E-state index in [-0.39, 0.29) is 13.2 Å². The van der Waals surface area contributed by atoms with Gasteiger partial charge in [-0.25, -0.2) is 0 Å². The maximum atomic E-state index is 10.8. The Morgan fingerprint density at radius 1 is 1.62 bits per heavy atom. The molecule has 1 atom stereocenters. The molecule has 0 aliphatic heterocycles. The molecule has 0 aromatic carbocycles. The molecule has 5 nitrogen and oxygen atoms in total. The van der Waals surface area contributed by atoms with Crippen LogP contribution < -0.4 is 0 Å². The highest BCUT2D eigenvalue weighted by molar-refractivity contribution is 7.86. The lowest BCUT2D eigenvalue weighted by Gasteiger charge is -2.09. The van der Waals surface area contributed by atoms with Crippen LogP contribution in [0.15, 0.2) is 12.7 Å². The number of hydrogen-bond acceptors (Lipinski definition) is 5. The molecular formula is C7H14O5S. The number of aliphatic hydroxyl groups is 1. The number of aliphatic hydroxyl groups excluding tert-OH is 1. The molecule has 0 bridgehead atoms. The molecule has 0 radical (unpaired) electrons. The van der Waals surface area contributed by atoms with Gasteiger partial charge in [0, 0.05) is 0 Å². The summed E-state index contributed by atoms with van der Waals surface area (Å²) >= 11 is 0. The molecule has 0 saturated heterocycles. The zero-order valence-electron chi connectivity index (χ0n) is 7.47. The molecule has 0 amide bonds. The van der Waals surface area contributed by atoms with Crippen LogP contribution in [0, 0.1) is 0 Å². The zero-order chi connectivity index (χ0) is 10.3. The van der Waals surface area contributed by atoms with Crippen LogP contribution in [0.3, 0.4) is 0 Å². The maximum absolute atomic E-state index is 10.8. The van der Waals surface area contributed by atoms with Crippen LogP contribution in [-0.4, -0.2) is 45.7 Å². The van der Waals surface area contributed by atoms with Gasteiger partial charge in [-0.2, -0.15) is 8.42 Å². The molecule has 0 heterocycles. The van der Waals surface area contributed by atoms with Gasteiger partial charge < -0.3 is 9.84 Å². The predicted molar refractivity (Wildman–Crippen MR) is 47.8 cm³/mol. The Balaban J connectivity index is 3.74. The van der Waals surface area contributed by atoms with Gasteiger partial charge in [0.2, 0.25) is 0 Å². The lowest BCUT2D eigenvalue weighted by atomic mass is 10.4. The van der Waals surface area contributed by atoms with Crippen LogP contribution in [0.5, 0.6) is 0 Å². The predicted octanol–water partition coefficient (Wildman–Crippen LogP) is -0.474. The first-order valence-electron chi connectivity index (χ1n) is 3.67. The average molecular weight is 210 g/mol. The van der Waals surface area contributed by atoms with Gasteiger partial charge in [-0.15, -0.1) is 6.58 Å². The van der Waals surface area contributed by atoms with Gasteiger partial charge in [0.25, 0.3) is 10.1 Å². The smallest absolute Gasteiger partial charge is 0.269 e. The Hall–Kier alpha value is -0.430. The van der Waals surface area contributed by atoms with Gasteiger partial charge >= 0.3 is 0 Å². The standard InChI is InChI=1S/C7H14O5S/c1-3-4-12-5-7(8)6-13(9,10)11-2/h3,7-8H,1,4-6H2,2H3. The van der Waals surface area contributed by atoms with E-state index in [1.165, 1.54) is 6.08 Å². The minimum Gasteiger partial charge on any atom is -0.390 e. The highest BCUT2D eigenvalue weighted by atomic mass is 32.2. The molecule has 0 aromatic rings. The second kappa shape index (κ2) is 6.09. The van der Waals surface area contributed by atoms with Gasteiger partial charge in [-0.05, 0) is 0 Å². The fourth-order valence-electron chi connectivity index (χ4n) is 0.639. The average Bonchev–Trinajstić information content (AvgIpc) is 2.04. The summed E-state index contributed by atoms with van der Waals surface area (Å²) in [5, 5.41) is 9.12. The summed E-state index contributed by atoms with van der Waals surface area (Å²) in [5.74, 6) is -0.458. The Labute approximate surface area is 78.1 Å². The van der Waals surface area contributed by atoms with Crippen LogP contribution in [0.4, 0.5) is 0 Å². The molecule has 1 N–H and O–H groups in total. The van der Waals surface area contributed by atoms with Crippen molar-refractivity contribution in [1.82, 2.24) is 0 Å². The second-order valence-corrected chi connectivity index (χ2v) is 4.15. The quantitative estimate of drug-likeness (QED) is 0.349. The number of rotatable bonds is 7. The van der Waals surface area contributed by atoms with E-state index in [1.807, 2.05) is 0 Å². The minimum absolute atomic E-state index is 0.0470. The summed E-state index contributed by atoms with van der Waals surface area (Å²) in [5.41, 5.74) is 0. The Kier molecular flexibility index (Phi) is 5.89. The normalized spacial score (nSPS) is 14.0. The Morgan fingerprint density at radius 2 is 2.23 bits per heavy atom. The molecular weight excluding hydrogens is 196 g/mol. The molecule has 6 heteroatoms. The fraction of sp³-hybridized carbons (Fsp3) is 0.714. The van der Waals surface area contributed by atoms with E-state index in [1.54, 1.807) is 0 Å². The van der Waals surface area contributed by atoms with Crippen molar-refractivity contribution in [1.29, 1.82) is 0 Å². The molecule has 0 aromatic heterocycles. The van der Waals surface area contributed by atoms with E-state index in [9.17, 15) is 8.42 Å². The summed E-state index contributed by atoms with van der Waals surface area (Å²) in [7, 11) is -2.56. The highest BCUT2D eigenvalue weighted by Gasteiger charge is 2.16.